The Morgan fingerprint density at radius 1 is 1.24 bits per heavy atom. The van der Waals surface area contributed by atoms with E-state index < -0.39 is 23.5 Å². The molecule has 55 heavy (non-hydrogen) atoms. The normalized spacial score (nSPS) is 24.6. The van der Waals surface area contributed by atoms with E-state index in [0.717, 1.165) is 57.8 Å². The van der Waals surface area contributed by atoms with Gasteiger partial charge in [0.15, 0.2) is 6.10 Å². The first-order valence-corrected chi connectivity index (χ1v) is 20.2. The zero-order chi connectivity index (χ0) is 39.0. The van der Waals surface area contributed by atoms with Gasteiger partial charge in [-0.1, -0.05) is 26.8 Å². The van der Waals surface area contributed by atoms with Crippen LogP contribution in [0.2, 0.25) is 0 Å². The predicted molar refractivity (Wildman–Crippen MR) is 210 cm³/mol. The first kappa shape index (κ1) is 39.0. The van der Waals surface area contributed by atoms with Crippen molar-refractivity contribution in [3.8, 4) is 22.5 Å². The van der Waals surface area contributed by atoms with Gasteiger partial charge < -0.3 is 19.4 Å². The van der Waals surface area contributed by atoms with Crippen LogP contribution >= 0.6 is 11.3 Å². The number of hydrazine groups is 1. The lowest BCUT2D eigenvalue weighted by Crippen LogP contribution is -2.58. The monoisotopic (exact) mass is 771 g/mol. The van der Waals surface area contributed by atoms with Crippen LogP contribution in [0.4, 0.5) is 0 Å². The number of aryl methyl sites for hydroxylation is 1. The molecule has 0 unspecified atom stereocenters. The number of carbonyl (C=O) groups excluding carboxylic acids is 3. The summed E-state index contributed by atoms with van der Waals surface area (Å²) >= 11 is 1.44. The Morgan fingerprint density at radius 3 is 2.82 bits per heavy atom. The third-order valence-electron chi connectivity index (χ3n) is 11.4. The fraction of sp³-hybridized carbons (Fsp3) is 0.537. The molecule has 2 amide bonds. The number of cyclic esters (lactones) is 1. The average Bonchev–Trinajstić information content (AvgIpc) is 3.47. The van der Waals surface area contributed by atoms with Crippen molar-refractivity contribution in [3.05, 3.63) is 58.2 Å². The quantitative estimate of drug-likeness (QED) is 0.153. The van der Waals surface area contributed by atoms with Gasteiger partial charge >= 0.3 is 5.97 Å². The third-order valence-corrected chi connectivity index (χ3v) is 12.3. The summed E-state index contributed by atoms with van der Waals surface area (Å²) < 4.78 is 14.2. The van der Waals surface area contributed by atoms with Crippen molar-refractivity contribution >= 4 is 40.0 Å². The maximum atomic E-state index is 14.1. The standard InChI is InChI=1S/C41H53N7O6S/c1-8-47-32-14-13-25-17-27(32)28(37(47)26-11-9-15-43-36(26)24(3)52-7)19-41(4,5)22-53-40(51)30-12-10-16-48(45-30)39(50)33(18-34-44-31(25)21-55-34)54-46-38(49)35-23(2)29(35)20-42-6/h9,11,13-15,17,21,23-24,29-30,33,35,42,45H,8,10,12,16,18-20,22H2,1-7H3,(H,46,49)/t23-,24-,29+,30-,33-,35+/m0/s1. The first-order valence-electron chi connectivity index (χ1n) is 19.4. The smallest absolute Gasteiger partial charge is 0.324 e. The lowest BCUT2D eigenvalue weighted by atomic mass is 9.84. The number of nitrogens with one attached hydrogen (secondary N) is 3. The highest BCUT2D eigenvalue weighted by molar-refractivity contribution is 7.10. The number of ether oxygens (including phenoxy) is 2. The average molecular weight is 772 g/mol. The van der Waals surface area contributed by atoms with E-state index in [9.17, 15) is 14.4 Å². The van der Waals surface area contributed by atoms with Crippen LogP contribution in [0.15, 0.2) is 41.9 Å². The Kier molecular flexibility index (Phi) is 11.4. The number of amides is 2. The van der Waals surface area contributed by atoms with E-state index in [0.29, 0.717) is 30.8 Å². The number of hydrogen-bond donors (Lipinski definition) is 3. The molecule has 294 valence electrons. The summed E-state index contributed by atoms with van der Waals surface area (Å²) in [6.45, 7) is 12.4. The molecule has 3 N–H and O–H groups in total. The highest BCUT2D eigenvalue weighted by atomic mass is 32.1. The van der Waals surface area contributed by atoms with E-state index in [1.165, 1.54) is 16.3 Å². The third kappa shape index (κ3) is 7.92. The second-order valence-electron chi connectivity index (χ2n) is 15.9. The summed E-state index contributed by atoms with van der Waals surface area (Å²) in [5.74, 6) is -0.817. The van der Waals surface area contributed by atoms with Gasteiger partial charge in [-0.25, -0.2) is 15.9 Å². The second kappa shape index (κ2) is 16.1. The maximum Gasteiger partial charge on any atom is 0.324 e. The van der Waals surface area contributed by atoms with Gasteiger partial charge in [-0.05, 0) is 88.4 Å². The summed E-state index contributed by atoms with van der Waals surface area (Å²) in [4.78, 5) is 56.7. The number of aromatic nitrogens is 3. The topological polar surface area (TPSA) is 149 Å². The van der Waals surface area contributed by atoms with Crippen molar-refractivity contribution in [2.75, 3.05) is 33.9 Å². The summed E-state index contributed by atoms with van der Waals surface area (Å²) in [6, 6.07) is 9.78. The zero-order valence-electron chi connectivity index (χ0n) is 32.8. The zero-order valence-corrected chi connectivity index (χ0v) is 33.6. The number of carbonyl (C=O) groups is 3. The van der Waals surface area contributed by atoms with Crippen LogP contribution in [0, 0.1) is 23.2 Å². The van der Waals surface area contributed by atoms with E-state index in [2.05, 4.69) is 65.8 Å². The van der Waals surface area contributed by atoms with Gasteiger partial charge in [0.2, 0.25) is 5.91 Å². The molecule has 0 radical (unpaired) electrons. The van der Waals surface area contributed by atoms with E-state index >= 15 is 0 Å². The molecule has 2 fully saturated rings. The Balaban J connectivity index is 1.30. The molecular weight excluding hydrogens is 719 g/mol. The van der Waals surface area contributed by atoms with Crippen molar-refractivity contribution in [1.29, 1.82) is 0 Å². The van der Waals surface area contributed by atoms with Crippen LogP contribution in [-0.4, -0.2) is 83.3 Å². The van der Waals surface area contributed by atoms with Gasteiger partial charge in [0.05, 0.1) is 34.8 Å². The molecule has 0 spiro atoms. The Labute approximate surface area is 326 Å². The number of esters is 1. The number of thiazole rings is 1. The molecule has 13 nitrogen and oxygen atoms in total. The SMILES string of the molecule is CCn1c(-c2cccnc2[C@H](C)OC)c2c3cc(ccc31)-c1csc(n1)C[C@H](ONC(=O)[C@@H]1[C@@H](C)[C@H]1CNC)C(=O)N1CCC[C@H](N1)C(=O)OCC(C)(C)C2. The fourth-order valence-corrected chi connectivity index (χ4v) is 9.07. The van der Waals surface area contributed by atoms with E-state index in [1.54, 1.807) is 13.3 Å². The molecule has 6 bridgehead atoms. The molecule has 3 aliphatic rings. The van der Waals surface area contributed by atoms with Gasteiger partial charge in [-0.3, -0.25) is 29.2 Å². The lowest BCUT2D eigenvalue weighted by molar-refractivity contribution is -0.163. The molecule has 4 aromatic rings. The summed E-state index contributed by atoms with van der Waals surface area (Å²) in [6.07, 6.45) is 2.37. The Hall–Kier alpha value is -4.21. The van der Waals surface area contributed by atoms with Crippen LogP contribution in [0.3, 0.4) is 0 Å². The summed E-state index contributed by atoms with van der Waals surface area (Å²) in [5, 5.41) is 8.35. The first-order chi connectivity index (χ1) is 26.4. The number of hydroxylamine groups is 1. The number of rotatable bonds is 9. The molecule has 2 aliphatic heterocycles. The predicted octanol–water partition coefficient (Wildman–Crippen LogP) is 5.24. The molecule has 1 saturated heterocycles. The number of benzene rings is 1. The molecule has 1 aromatic carbocycles. The minimum Gasteiger partial charge on any atom is -0.464 e. The minimum atomic E-state index is -1.07. The maximum absolute atomic E-state index is 14.1. The summed E-state index contributed by atoms with van der Waals surface area (Å²) in [7, 11) is 3.56. The molecule has 14 heteroatoms. The number of pyridine rings is 1. The van der Waals surface area contributed by atoms with Crippen molar-refractivity contribution in [2.45, 2.75) is 85.1 Å². The van der Waals surface area contributed by atoms with E-state index in [1.807, 2.05) is 32.3 Å². The van der Waals surface area contributed by atoms with Gasteiger partial charge in [0.25, 0.3) is 5.91 Å². The number of nitrogens with zero attached hydrogens (tertiary/aromatic N) is 4. The number of methoxy groups -OCH3 is 1. The minimum absolute atomic E-state index is 0.136. The van der Waals surface area contributed by atoms with E-state index in [4.69, 9.17) is 24.3 Å². The van der Waals surface area contributed by atoms with Gasteiger partial charge in [-0.15, -0.1) is 11.3 Å². The number of fused-ring (bicyclic) bond motifs is 6. The lowest BCUT2D eigenvalue weighted by Gasteiger charge is -2.35. The van der Waals surface area contributed by atoms with Gasteiger partial charge in [-0.2, -0.15) is 0 Å². The highest BCUT2D eigenvalue weighted by Gasteiger charge is 2.51. The second-order valence-corrected chi connectivity index (χ2v) is 16.8. The van der Waals surface area contributed by atoms with Crippen molar-refractivity contribution < 1.29 is 28.7 Å². The van der Waals surface area contributed by atoms with Gasteiger partial charge in [0, 0.05) is 71.6 Å². The molecule has 7 rings (SSSR count). The molecule has 6 atom stereocenters. The molecule has 3 aromatic heterocycles. The molecule has 1 saturated carbocycles. The Morgan fingerprint density at radius 2 is 2.05 bits per heavy atom. The highest BCUT2D eigenvalue weighted by Crippen LogP contribution is 2.46. The van der Waals surface area contributed by atoms with E-state index in [-0.39, 0.29) is 48.7 Å². The van der Waals surface area contributed by atoms with Gasteiger partial charge in [0.1, 0.15) is 6.04 Å². The fourth-order valence-electron chi connectivity index (χ4n) is 8.24. The molecule has 5 heterocycles. The molecular formula is C41H53N7O6S. The Bertz CT molecular complexity index is 2060. The summed E-state index contributed by atoms with van der Waals surface area (Å²) in [5.41, 5.74) is 12.1. The number of hydrogen-bond acceptors (Lipinski definition) is 11. The van der Waals surface area contributed by atoms with Crippen LogP contribution < -0.4 is 16.2 Å². The largest absolute Gasteiger partial charge is 0.464 e. The van der Waals surface area contributed by atoms with Crippen LogP contribution in [0.25, 0.3) is 33.4 Å². The van der Waals surface area contributed by atoms with Crippen LogP contribution in [0.5, 0.6) is 0 Å². The van der Waals surface area contributed by atoms with Crippen molar-refractivity contribution in [1.82, 2.24) is 35.8 Å². The van der Waals surface area contributed by atoms with Crippen LogP contribution in [-0.2, 0) is 48.1 Å². The van der Waals surface area contributed by atoms with Crippen molar-refractivity contribution in [2.24, 2.45) is 23.2 Å². The molecule has 1 aliphatic carbocycles. The van der Waals surface area contributed by atoms with Crippen LogP contribution in [0.1, 0.15) is 69.8 Å². The van der Waals surface area contributed by atoms with Crippen molar-refractivity contribution in [3.63, 3.8) is 0 Å².